The fourth-order valence-corrected chi connectivity index (χ4v) is 4.62. The first kappa shape index (κ1) is 22.1. The molecule has 5 rings (SSSR count). The van der Waals surface area contributed by atoms with Crippen molar-refractivity contribution in [1.29, 1.82) is 0 Å². The maximum atomic E-state index is 12.6. The molecular weight excluding hydrogens is 476 g/mol. The number of amides is 2. The van der Waals surface area contributed by atoms with Crippen molar-refractivity contribution in [3.8, 4) is 0 Å². The summed E-state index contributed by atoms with van der Waals surface area (Å²) in [5.74, 6) is -0.245. The summed E-state index contributed by atoms with van der Waals surface area (Å²) < 4.78 is 0. The van der Waals surface area contributed by atoms with E-state index < -0.39 is 0 Å². The molecule has 0 aliphatic carbocycles. The Morgan fingerprint density at radius 3 is 2.53 bits per heavy atom. The second-order valence-corrected chi connectivity index (χ2v) is 9.00. The van der Waals surface area contributed by atoms with Crippen LogP contribution in [0.5, 0.6) is 0 Å². The Morgan fingerprint density at radius 2 is 1.74 bits per heavy atom. The highest BCUT2D eigenvalue weighted by molar-refractivity contribution is 7.14. The minimum atomic E-state index is -0.285. The van der Waals surface area contributed by atoms with Gasteiger partial charge in [0.1, 0.15) is 16.7 Å². The van der Waals surface area contributed by atoms with Crippen molar-refractivity contribution in [2.45, 2.75) is 0 Å². The molecule has 4 aromatic rings. The molecule has 0 radical (unpaired) electrons. The summed E-state index contributed by atoms with van der Waals surface area (Å²) >= 11 is 7.31. The van der Waals surface area contributed by atoms with Gasteiger partial charge < -0.3 is 20.4 Å². The second kappa shape index (κ2) is 9.65. The van der Waals surface area contributed by atoms with Crippen molar-refractivity contribution < 1.29 is 9.59 Å². The third-order valence-electron chi connectivity index (χ3n) is 5.49. The average Bonchev–Trinajstić information content (AvgIpc) is 3.53. The van der Waals surface area contributed by atoms with Crippen molar-refractivity contribution in [2.24, 2.45) is 0 Å². The number of hydrogen-bond acceptors (Lipinski definition) is 8. The Bertz CT molecular complexity index is 1310. The Kier molecular flexibility index (Phi) is 6.28. The molecule has 10 nitrogen and oxygen atoms in total. The fourth-order valence-electron chi connectivity index (χ4n) is 3.63. The SMILES string of the molecule is O=C(Nc1ccc2n[nH]nc2c1)c1csc(N2CCN(C(=O)CNc3ccc(Cl)cc3)CC2)n1. The average molecular weight is 497 g/mol. The molecule has 0 spiro atoms. The zero-order valence-electron chi connectivity index (χ0n) is 18.0. The predicted octanol–water partition coefficient (Wildman–Crippen LogP) is 3.08. The van der Waals surface area contributed by atoms with Gasteiger partial charge in [-0.2, -0.15) is 15.4 Å². The van der Waals surface area contributed by atoms with Crippen LogP contribution in [0.3, 0.4) is 0 Å². The van der Waals surface area contributed by atoms with Crippen LogP contribution in [0, 0.1) is 0 Å². The van der Waals surface area contributed by atoms with Crippen LogP contribution in [0.25, 0.3) is 11.0 Å². The van der Waals surface area contributed by atoms with E-state index in [0.717, 1.165) is 16.3 Å². The van der Waals surface area contributed by atoms with Crippen LogP contribution in [0.2, 0.25) is 5.02 Å². The summed E-state index contributed by atoms with van der Waals surface area (Å²) in [5.41, 5.74) is 3.23. The van der Waals surface area contributed by atoms with Crippen molar-refractivity contribution >= 4 is 62.3 Å². The monoisotopic (exact) mass is 496 g/mol. The molecule has 1 saturated heterocycles. The number of nitrogens with zero attached hydrogens (tertiary/aromatic N) is 5. The lowest BCUT2D eigenvalue weighted by Gasteiger charge is -2.34. The lowest BCUT2D eigenvalue weighted by atomic mass is 10.2. The van der Waals surface area contributed by atoms with E-state index in [1.165, 1.54) is 11.3 Å². The maximum absolute atomic E-state index is 12.6. The molecule has 2 aromatic carbocycles. The van der Waals surface area contributed by atoms with Gasteiger partial charge in [0, 0.05) is 48.0 Å². The molecule has 0 bridgehead atoms. The van der Waals surface area contributed by atoms with E-state index in [2.05, 4.69) is 35.9 Å². The normalized spacial score (nSPS) is 13.8. The molecule has 0 atom stereocenters. The summed E-state index contributed by atoms with van der Waals surface area (Å²) in [4.78, 5) is 33.6. The fraction of sp³-hybridized carbons (Fsp3) is 0.227. The van der Waals surface area contributed by atoms with Gasteiger partial charge in [-0.05, 0) is 42.5 Å². The van der Waals surface area contributed by atoms with Gasteiger partial charge in [-0.1, -0.05) is 11.6 Å². The minimum Gasteiger partial charge on any atom is -0.376 e. The van der Waals surface area contributed by atoms with E-state index >= 15 is 0 Å². The Labute approximate surface area is 203 Å². The number of nitrogens with one attached hydrogen (secondary N) is 3. The van der Waals surface area contributed by atoms with Crippen LogP contribution in [0.1, 0.15) is 10.5 Å². The number of rotatable bonds is 6. The molecule has 0 saturated carbocycles. The largest absolute Gasteiger partial charge is 0.376 e. The number of H-pyrrole nitrogens is 1. The lowest BCUT2D eigenvalue weighted by molar-refractivity contribution is -0.129. The molecule has 3 N–H and O–H groups in total. The zero-order chi connectivity index (χ0) is 23.5. The van der Waals surface area contributed by atoms with Gasteiger partial charge in [-0.3, -0.25) is 9.59 Å². The molecule has 174 valence electrons. The standard InChI is InChI=1S/C22H21ClN8O2S/c23-14-1-3-15(4-2-14)24-12-20(32)30-7-9-31(10-8-30)22-26-19(13-34-22)21(33)25-16-5-6-17-18(11-16)28-29-27-17/h1-6,11,13,24H,7-10,12H2,(H,25,33)(H,27,28,29). The van der Waals surface area contributed by atoms with Gasteiger partial charge in [-0.15, -0.1) is 11.3 Å². The van der Waals surface area contributed by atoms with Crippen LogP contribution in [0.4, 0.5) is 16.5 Å². The van der Waals surface area contributed by atoms with Crippen molar-refractivity contribution in [1.82, 2.24) is 25.3 Å². The van der Waals surface area contributed by atoms with Gasteiger partial charge in [0.15, 0.2) is 5.13 Å². The summed E-state index contributed by atoms with van der Waals surface area (Å²) in [6.07, 6.45) is 0. The highest BCUT2D eigenvalue weighted by Gasteiger charge is 2.23. The molecule has 1 aliphatic rings. The number of benzene rings is 2. The van der Waals surface area contributed by atoms with Crippen LogP contribution in [-0.4, -0.2) is 69.8 Å². The first-order chi connectivity index (χ1) is 16.5. The van der Waals surface area contributed by atoms with Gasteiger partial charge in [0.25, 0.3) is 5.91 Å². The van der Waals surface area contributed by atoms with E-state index in [1.807, 2.05) is 17.0 Å². The van der Waals surface area contributed by atoms with Crippen LogP contribution < -0.4 is 15.5 Å². The Balaban J connectivity index is 1.12. The number of thiazole rings is 1. The Hall–Kier alpha value is -3.70. The number of halogens is 1. The number of hydrogen-bond donors (Lipinski definition) is 3. The molecule has 3 heterocycles. The molecule has 34 heavy (non-hydrogen) atoms. The van der Waals surface area contributed by atoms with Gasteiger partial charge >= 0.3 is 0 Å². The second-order valence-electron chi connectivity index (χ2n) is 7.72. The number of aromatic nitrogens is 4. The lowest BCUT2D eigenvalue weighted by Crippen LogP contribution is -2.50. The number of piperazine rings is 1. The van der Waals surface area contributed by atoms with Gasteiger partial charge in [0.05, 0.1) is 6.54 Å². The third kappa shape index (κ3) is 4.95. The predicted molar refractivity (Wildman–Crippen MR) is 133 cm³/mol. The molecular formula is C22H21ClN8O2S. The maximum Gasteiger partial charge on any atom is 0.275 e. The van der Waals surface area contributed by atoms with Crippen molar-refractivity contribution in [3.05, 3.63) is 58.6 Å². The first-order valence-corrected chi connectivity index (χ1v) is 11.9. The Morgan fingerprint density at radius 1 is 1.00 bits per heavy atom. The van der Waals surface area contributed by atoms with E-state index in [0.29, 0.717) is 48.1 Å². The highest BCUT2D eigenvalue weighted by Crippen LogP contribution is 2.23. The summed E-state index contributed by atoms with van der Waals surface area (Å²) in [6.45, 7) is 2.73. The van der Waals surface area contributed by atoms with Crippen molar-refractivity contribution in [2.75, 3.05) is 48.3 Å². The zero-order valence-corrected chi connectivity index (χ0v) is 19.6. The molecule has 1 fully saturated rings. The topological polar surface area (TPSA) is 119 Å². The van der Waals surface area contributed by atoms with E-state index in [9.17, 15) is 9.59 Å². The van der Waals surface area contributed by atoms with Crippen LogP contribution >= 0.6 is 22.9 Å². The molecule has 2 aromatic heterocycles. The van der Waals surface area contributed by atoms with E-state index in [1.54, 1.807) is 35.7 Å². The van der Waals surface area contributed by atoms with Crippen LogP contribution in [-0.2, 0) is 4.79 Å². The number of anilines is 3. The minimum absolute atomic E-state index is 0.0397. The number of carbonyl (C=O) groups is 2. The van der Waals surface area contributed by atoms with Gasteiger partial charge in [0.2, 0.25) is 5.91 Å². The number of fused-ring (bicyclic) bond motifs is 1. The van der Waals surface area contributed by atoms with Gasteiger partial charge in [-0.25, -0.2) is 4.98 Å². The quantitative estimate of drug-likeness (QED) is 0.375. The third-order valence-corrected chi connectivity index (χ3v) is 6.64. The van der Waals surface area contributed by atoms with Crippen molar-refractivity contribution in [3.63, 3.8) is 0 Å². The molecule has 12 heteroatoms. The number of aromatic amines is 1. The number of carbonyl (C=O) groups excluding carboxylic acids is 2. The molecule has 1 aliphatic heterocycles. The summed E-state index contributed by atoms with van der Waals surface area (Å²) in [5, 5.41) is 19.7. The smallest absolute Gasteiger partial charge is 0.275 e. The first-order valence-electron chi connectivity index (χ1n) is 10.6. The molecule has 0 unspecified atom stereocenters. The summed E-state index contributed by atoms with van der Waals surface area (Å²) in [6, 6.07) is 12.6. The van der Waals surface area contributed by atoms with E-state index in [4.69, 9.17) is 11.6 Å². The molecule has 2 amide bonds. The summed E-state index contributed by atoms with van der Waals surface area (Å²) in [7, 11) is 0. The van der Waals surface area contributed by atoms with Crippen LogP contribution in [0.15, 0.2) is 47.8 Å². The highest BCUT2D eigenvalue weighted by atomic mass is 35.5. The van der Waals surface area contributed by atoms with E-state index in [-0.39, 0.29) is 18.4 Å².